The minimum Gasteiger partial charge on any atom is -0.508 e. The van der Waals surface area contributed by atoms with Crippen LogP contribution in [0.1, 0.15) is 33.6 Å². The Balaban J connectivity index is 1.61. The third kappa shape index (κ3) is 5.31. The predicted molar refractivity (Wildman–Crippen MR) is 86.0 cm³/mol. The third-order valence-electron chi connectivity index (χ3n) is 3.21. The molecule has 2 aromatic carbocycles. The summed E-state index contributed by atoms with van der Waals surface area (Å²) in [5.74, 6) is -0.754. The average Bonchev–Trinajstić information content (AvgIpc) is 2.58. The SMILES string of the molecule is O=C(OCCCCOC(=O)c1ccc(O)cc1)c1ccc(O)cc1. The molecule has 0 amide bonds. The van der Waals surface area contributed by atoms with E-state index < -0.39 is 11.9 Å². The Morgan fingerprint density at radius 1 is 0.667 bits per heavy atom. The molecule has 0 atom stereocenters. The first kappa shape index (κ1) is 17.3. The maximum Gasteiger partial charge on any atom is 0.338 e. The molecule has 126 valence electrons. The summed E-state index contributed by atoms with van der Waals surface area (Å²) in [6, 6.07) is 11.6. The molecule has 0 saturated carbocycles. The number of ether oxygens (including phenoxy) is 2. The lowest BCUT2D eigenvalue weighted by molar-refractivity contribution is 0.0432. The van der Waals surface area contributed by atoms with Crippen LogP contribution in [0.4, 0.5) is 0 Å². The van der Waals surface area contributed by atoms with Gasteiger partial charge >= 0.3 is 11.9 Å². The number of rotatable bonds is 7. The van der Waals surface area contributed by atoms with E-state index in [1.165, 1.54) is 48.5 Å². The topological polar surface area (TPSA) is 93.1 Å². The Kier molecular flexibility index (Phi) is 6.19. The summed E-state index contributed by atoms with van der Waals surface area (Å²) in [5, 5.41) is 18.3. The highest BCUT2D eigenvalue weighted by molar-refractivity contribution is 5.90. The smallest absolute Gasteiger partial charge is 0.338 e. The first-order valence-corrected chi connectivity index (χ1v) is 7.48. The van der Waals surface area contributed by atoms with E-state index in [4.69, 9.17) is 19.7 Å². The fourth-order valence-corrected chi connectivity index (χ4v) is 1.90. The Hall–Kier alpha value is -3.02. The van der Waals surface area contributed by atoms with Gasteiger partial charge < -0.3 is 19.7 Å². The van der Waals surface area contributed by atoms with Gasteiger partial charge in [-0.1, -0.05) is 0 Å². The molecular formula is C18H18O6. The fourth-order valence-electron chi connectivity index (χ4n) is 1.90. The van der Waals surface area contributed by atoms with E-state index in [1.54, 1.807) is 0 Å². The minimum absolute atomic E-state index is 0.0852. The van der Waals surface area contributed by atoms with Crippen LogP contribution in [-0.4, -0.2) is 35.4 Å². The largest absolute Gasteiger partial charge is 0.508 e. The van der Waals surface area contributed by atoms with Crippen molar-refractivity contribution in [3.63, 3.8) is 0 Å². The zero-order chi connectivity index (χ0) is 17.4. The van der Waals surface area contributed by atoms with E-state index >= 15 is 0 Å². The van der Waals surface area contributed by atoms with Gasteiger partial charge in [-0.3, -0.25) is 0 Å². The van der Waals surface area contributed by atoms with Gasteiger partial charge in [0.05, 0.1) is 24.3 Å². The maximum atomic E-state index is 11.7. The molecule has 6 heteroatoms. The number of phenolic OH excluding ortho intramolecular Hbond substituents is 2. The molecule has 0 fully saturated rings. The molecule has 0 saturated heterocycles. The van der Waals surface area contributed by atoms with Gasteiger partial charge in [-0.25, -0.2) is 9.59 Å². The van der Waals surface area contributed by atoms with Crippen LogP contribution in [0.25, 0.3) is 0 Å². The summed E-state index contributed by atoms with van der Waals surface area (Å²) in [5.41, 5.74) is 0.734. The number of hydrogen-bond acceptors (Lipinski definition) is 6. The molecular weight excluding hydrogens is 312 g/mol. The van der Waals surface area contributed by atoms with Crippen molar-refractivity contribution in [2.75, 3.05) is 13.2 Å². The number of hydrogen-bond donors (Lipinski definition) is 2. The number of benzene rings is 2. The number of aromatic hydroxyl groups is 2. The zero-order valence-electron chi connectivity index (χ0n) is 13.0. The van der Waals surface area contributed by atoms with Gasteiger partial charge in [0.25, 0.3) is 0 Å². The molecule has 2 rings (SSSR count). The maximum absolute atomic E-state index is 11.7. The second kappa shape index (κ2) is 8.57. The second-order valence-corrected chi connectivity index (χ2v) is 5.07. The first-order valence-electron chi connectivity index (χ1n) is 7.48. The van der Waals surface area contributed by atoms with Crippen molar-refractivity contribution in [3.05, 3.63) is 59.7 Å². The van der Waals surface area contributed by atoms with Crippen LogP contribution in [0.5, 0.6) is 11.5 Å². The normalized spacial score (nSPS) is 10.2. The molecule has 2 aromatic rings. The van der Waals surface area contributed by atoms with Gasteiger partial charge in [0.15, 0.2) is 0 Å². The molecule has 0 heterocycles. The molecule has 0 aliphatic rings. The molecule has 24 heavy (non-hydrogen) atoms. The van der Waals surface area contributed by atoms with E-state index in [-0.39, 0.29) is 24.7 Å². The number of phenols is 2. The molecule has 0 spiro atoms. The van der Waals surface area contributed by atoms with Crippen LogP contribution in [0.15, 0.2) is 48.5 Å². The highest BCUT2D eigenvalue weighted by atomic mass is 16.5. The summed E-state index contributed by atoms with van der Waals surface area (Å²) in [4.78, 5) is 23.4. The zero-order valence-corrected chi connectivity index (χ0v) is 13.0. The summed E-state index contributed by atoms with van der Waals surface area (Å²) < 4.78 is 10.2. The van der Waals surface area contributed by atoms with E-state index in [0.29, 0.717) is 24.0 Å². The minimum atomic E-state index is -0.462. The molecule has 0 unspecified atom stereocenters. The van der Waals surface area contributed by atoms with Crippen molar-refractivity contribution in [3.8, 4) is 11.5 Å². The molecule has 0 radical (unpaired) electrons. The van der Waals surface area contributed by atoms with Gasteiger partial charge in [-0.15, -0.1) is 0 Å². The van der Waals surface area contributed by atoms with E-state index in [1.807, 2.05) is 0 Å². The van der Waals surface area contributed by atoms with Crippen molar-refractivity contribution in [1.29, 1.82) is 0 Å². The Morgan fingerprint density at radius 2 is 1.00 bits per heavy atom. The van der Waals surface area contributed by atoms with Gasteiger partial charge in [-0.05, 0) is 61.4 Å². The predicted octanol–water partition coefficient (Wildman–Crippen LogP) is 2.89. The summed E-state index contributed by atoms with van der Waals surface area (Å²) in [7, 11) is 0. The summed E-state index contributed by atoms with van der Waals surface area (Å²) >= 11 is 0. The van der Waals surface area contributed by atoms with E-state index in [9.17, 15) is 9.59 Å². The van der Waals surface area contributed by atoms with Gasteiger partial charge in [0.1, 0.15) is 11.5 Å². The van der Waals surface area contributed by atoms with Crippen LogP contribution in [0, 0.1) is 0 Å². The van der Waals surface area contributed by atoms with E-state index in [2.05, 4.69) is 0 Å². The first-order chi connectivity index (χ1) is 11.6. The molecule has 6 nitrogen and oxygen atoms in total. The van der Waals surface area contributed by atoms with Crippen LogP contribution in [-0.2, 0) is 9.47 Å². The number of carbonyl (C=O) groups excluding carboxylic acids is 2. The van der Waals surface area contributed by atoms with Gasteiger partial charge in [0.2, 0.25) is 0 Å². The molecule has 0 bridgehead atoms. The molecule has 0 aliphatic carbocycles. The number of carbonyl (C=O) groups is 2. The third-order valence-corrected chi connectivity index (χ3v) is 3.21. The van der Waals surface area contributed by atoms with Crippen molar-refractivity contribution in [2.45, 2.75) is 12.8 Å². The van der Waals surface area contributed by atoms with Crippen molar-refractivity contribution in [1.82, 2.24) is 0 Å². The van der Waals surface area contributed by atoms with Crippen molar-refractivity contribution in [2.24, 2.45) is 0 Å². The standard InChI is InChI=1S/C18H18O6/c19-15-7-3-13(4-8-15)17(21)23-11-1-2-12-24-18(22)14-5-9-16(20)10-6-14/h3-10,19-20H,1-2,11-12H2. The second-order valence-electron chi connectivity index (χ2n) is 5.07. The molecule has 2 N–H and O–H groups in total. The van der Waals surface area contributed by atoms with Crippen molar-refractivity contribution >= 4 is 11.9 Å². The monoisotopic (exact) mass is 330 g/mol. The van der Waals surface area contributed by atoms with Gasteiger partial charge in [0, 0.05) is 0 Å². The highest BCUT2D eigenvalue weighted by Gasteiger charge is 2.08. The average molecular weight is 330 g/mol. The highest BCUT2D eigenvalue weighted by Crippen LogP contribution is 2.12. The number of unbranched alkanes of at least 4 members (excludes halogenated alkanes) is 1. The van der Waals surface area contributed by atoms with Crippen molar-refractivity contribution < 1.29 is 29.3 Å². The van der Waals surface area contributed by atoms with E-state index in [0.717, 1.165) is 0 Å². The quantitative estimate of drug-likeness (QED) is 0.599. The lowest BCUT2D eigenvalue weighted by Gasteiger charge is -2.06. The van der Waals surface area contributed by atoms with Crippen LogP contribution in [0.3, 0.4) is 0 Å². The Morgan fingerprint density at radius 3 is 1.33 bits per heavy atom. The summed E-state index contributed by atoms with van der Waals surface area (Å²) in [6.45, 7) is 0.437. The molecule has 0 aliphatic heterocycles. The Bertz CT molecular complexity index is 614. The van der Waals surface area contributed by atoms with Gasteiger partial charge in [-0.2, -0.15) is 0 Å². The number of esters is 2. The lowest BCUT2D eigenvalue weighted by atomic mass is 10.2. The van der Waals surface area contributed by atoms with Crippen LogP contribution >= 0.6 is 0 Å². The van der Waals surface area contributed by atoms with Crippen LogP contribution in [0.2, 0.25) is 0 Å². The lowest BCUT2D eigenvalue weighted by Crippen LogP contribution is -2.09. The fraction of sp³-hybridized carbons (Fsp3) is 0.222. The summed E-state index contributed by atoms with van der Waals surface area (Å²) in [6.07, 6.45) is 1.12. The van der Waals surface area contributed by atoms with Crippen LogP contribution < -0.4 is 0 Å². The molecule has 0 aromatic heterocycles. The Labute approximate surface area is 139 Å².